The monoisotopic (exact) mass is 1080 g/mol. The van der Waals surface area contributed by atoms with Crippen LogP contribution in [0.5, 0.6) is 0 Å². The second-order valence-electron chi connectivity index (χ2n) is 22.8. The fourth-order valence-corrected chi connectivity index (χ4v) is 10.7. The standard InChI is InChI=1S/C42H64N2.2C15H31.Ni/c1-4-7-9-11-12-13-14-15-16-17-18-19-20-21-22-23-27-37-29-26-31-38(34-37)41-35-40(30-24-10-8-5-2)42(44(41)43)39-32-25-28-36(6-3)33-39;2*1-3-5-7-9-11-13-15-14-12-10-8-6-4-2;/h25-26,28-29,31-35H,4-24,27,30H2,1-3H3;2*1,3-15H2,2H3;/q;2*-1;+2. The van der Waals surface area contributed by atoms with Crippen molar-refractivity contribution in [2.24, 2.45) is 0 Å². The maximum atomic E-state index is 11.5. The minimum atomic E-state index is 0. The smallest absolute Gasteiger partial charge is 0.493 e. The zero-order chi connectivity index (χ0) is 53.6. The molecule has 1 aliphatic heterocycles. The number of allylic oxidation sites excluding steroid dienone is 2. The minimum absolute atomic E-state index is 0. The van der Waals surface area contributed by atoms with Crippen molar-refractivity contribution in [2.45, 2.75) is 349 Å². The van der Waals surface area contributed by atoms with E-state index in [0.29, 0.717) is 0 Å². The molecule has 0 saturated heterocycles. The fourth-order valence-electron chi connectivity index (χ4n) is 10.7. The summed E-state index contributed by atoms with van der Waals surface area (Å²) in [6, 6.07) is 17.6. The van der Waals surface area contributed by atoms with Gasteiger partial charge < -0.3 is 19.4 Å². The molecule has 0 bridgehead atoms. The summed E-state index contributed by atoms with van der Waals surface area (Å²) >= 11 is 0. The number of benzene rings is 2. The SMILES string of the molecule is CCCCCCCCCCCCCCCCCCc1cccc(C2=CC(CCCCCC)=C(c3cccc(CC)c3)[N+]2=[N-])c1.[CH2-]CCCCCCCCCCCCCC.[CH2-]CCCCCCCCCCCCCC.[Ni+2]. The van der Waals surface area contributed by atoms with E-state index in [0.717, 1.165) is 61.0 Å². The molecule has 3 heteroatoms. The summed E-state index contributed by atoms with van der Waals surface area (Å²) < 4.78 is 1.47. The van der Waals surface area contributed by atoms with Crippen molar-refractivity contribution in [3.05, 3.63) is 102 Å². The third-order valence-electron chi connectivity index (χ3n) is 15.7. The Balaban J connectivity index is 0.00000144. The van der Waals surface area contributed by atoms with Crippen LogP contribution in [0.15, 0.2) is 60.2 Å². The van der Waals surface area contributed by atoms with Crippen LogP contribution in [0.2, 0.25) is 0 Å². The van der Waals surface area contributed by atoms with Crippen LogP contribution in [-0.2, 0) is 29.3 Å². The number of rotatable bonds is 49. The van der Waals surface area contributed by atoms with Gasteiger partial charge in [-0.1, -0.05) is 329 Å². The van der Waals surface area contributed by atoms with E-state index in [1.165, 1.54) is 297 Å². The summed E-state index contributed by atoms with van der Waals surface area (Å²) in [5.74, 6) is 0. The summed E-state index contributed by atoms with van der Waals surface area (Å²) in [6.07, 6.45) is 69.5. The van der Waals surface area contributed by atoms with E-state index >= 15 is 0 Å². The van der Waals surface area contributed by atoms with Crippen LogP contribution in [0.3, 0.4) is 0 Å². The Kier molecular flexibility index (Phi) is 55.2. The maximum Gasteiger partial charge on any atom is 2.00 e. The predicted octanol–water partition coefficient (Wildman–Crippen LogP) is 25.6. The van der Waals surface area contributed by atoms with Crippen LogP contribution in [0.25, 0.3) is 16.9 Å². The Morgan fingerprint density at radius 2 is 0.640 bits per heavy atom. The van der Waals surface area contributed by atoms with E-state index < -0.39 is 0 Å². The normalized spacial score (nSPS) is 12.1. The van der Waals surface area contributed by atoms with Gasteiger partial charge in [0.15, 0.2) is 0 Å². The van der Waals surface area contributed by atoms with Crippen molar-refractivity contribution in [3.8, 4) is 0 Å². The zero-order valence-electron chi connectivity index (χ0n) is 51.0. The van der Waals surface area contributed by atoms with Gasteiger partial charge in [0.1, 0.15) is 0 Å². The van der Waals surface area contributed by atoms with Gasteiger partial charge >= 0.3 is 16.5 Å². The van der Waals surface area contributed by atoms with Gasteiger partial charge in [-0.15, -0.1) is 0 Å². The Hall–Kier alpha value is -1.99. The summed E-state index contributed by atoms with van der Waals surface area (Å²) in [6.45, 7) is 19.1. The first-order valence-corrected chi connectivity index (χ1v) is 33.2. The molecule has 0 atom stereocenters. The van der Waals surface area contributed by atoms with Gasteiger partial charge in [-0.2, -0.15) is 12.8 Å². The Labute approximate surface area is 481 Å². The van der Waals surface area contributed by atoms with E-state index in [2.05, 4.69) is 103 Å². The van der Waals surface area contributed by atoms with Crippen molar-refractivity contribution < 1.29 is 21.2 Å². The largest absolute Gasteiger partial charge is 2.00 e. The van der Waals surface area contributed by atoms with Gasteiger partial charge in [0.25, 0.3) is 0 Å². The van der Waals surface area contributed by atoms with E-state index in [9.17, 15) is 5.53 Å². The molecule has 0 fully saturated rings. The second-order valence-corrected chi connectivity index (χ2v) is 22.8. The number of hydrogen-bond acceptors (Lipinski definition) is 0. The molecule has 2 aromatic carbocycles. The van der Waals surface area contributed by atoms with Crippen molar-refractivity contribution in [2.75, 3.05) is 0 Å². The Morgan fingerprint density at radius 3 is 1.00 bits per heavy atom. The third-order valence-corrected chi connectivity index (χ3v) is 15.7. The maximum absolute atomic E-state index is 11.5. The van der Waals surface area contributed by atoms with Gasteiger partial charge in [-0.25, -0.2) is 4.70 Å². The predicted molar refractivity (Wildman–Crippen MR) is 335 cm³/mol. The van der Waals surface area contributed by atoms with E-state index in [1.54, 1.807) is 0 Å². The molecule has 0 aliphatic carbocycles. The van der Waals surface area contributed by atoms with Crippen molar-refractivity contribution in [1.29, 1.82) is 0 Å². The zero-order valence-corrected chi connectivity index (χ0v) is 52.0. The molecule has 75 heavy (non-hydrogen) atoms. The first-order chi connectivity index (χ1) is 36.5. The quantitative estimate of drug-likeness (QED) is 0.0273. The van der Waals surface area contributed by atoms with E-state index in [-0.39, 0.29) is 16.5 Å². The average Bonchev–Trinajstić information content (AvgIpc) is 3.76. The number of unbranched alkanes of at least 4 members (excludes halogenated alkanes) is 42. The molecule has 0 radical (unpaired) electrons. The molecule has 0 unspecified atom stereocenters. The van der Waals surface area contributed by atoms with E-state index in [4.69, 9.17) is 0 Å². The molecule has 2 aromatic rings. The van der Waals surface area contributed by atoms with Crippen LogP contribution in [0.4, 0.5) is 0 Å². The van der Waals surface area contributed by atoms with Crippen LogP contribution in [-0.4, -0.2) is 4.70 Å². The first kappa shape index (κ1) is 73.0. The van der Waals surface area contributed by atoms with Crippen LogP contribution in [0.1, 0.15) is 359 Å². The second kappa shape index (κ2) is 56.7. The molecular weight excluding hydrogens is 951 g/mol. The third kappa shape index (κ3) is 41.7. The topological polar surface area (TPSA) is 25.3 Å². The van der Waals surface area contributed by atoms with Crippen LogP contribution < -0.4 is 0 Å². The van der Waals surface area contributed by atoms with Crippen molar-refractivity contribution in [1.82, 2.24) is 0 Å². The Bertz CT molecular complexity index is 1540. The molecule has 0 spiro atoms. The van der Waals surface area contributed by atoms with Crippen molar-refractivity contribution in [3.63, 3.8) is 0 Å². The molecule has 2 nitrogen and oxygen atoms in total. The molecule has 434 valence electrons. The van der Waals surface area contributed by atoms with Gasteiger partial charge in [0, 0.05) is 22.8 Å². The van der Waals surface area contributed by atoms with Gasteiger partial charge in [-0.3, -0.25) is 0 Å². The molecule has 1 heterocycles. The fraction of sp³-hybridized carbons (Fsp3) is 0.750. The van der Waals surface area contributed by atoms with Crippen molar-refractivity contribution >= 4 is 11.4 Å². The first-order valence-electron chi connectivity index (χ1n) is 33.2. The molecule has 0 N–H and O–H groups in total. The number of aryl methyl sites for hydroxylation is 2. The van der Waals surface area contributed by atoms with Gasteiger partial charge in [-0.05, 0) is 67.5 Å². The number of hydrogen-bond donors (Lipinski definition) is 0. The molecule has 0 aromatic heterocycles. The minimum Gasteiger partial charge on any atom is -0.493 e. The summed E-state index contributed by atoms with van der Waals surface area (Å²) in [5, 5.41) is 0. The Morgan fingerprint density at radius 1 is 0.347 bits per heavy atom. The van der Waals surface area contributed by atoms with Crippen LogP contribution >= 0.6 is 0 Å². The average molecular weight is 1080 g/mol. The summed E-state index contributed by atoms with van der Waals surface area (Å²) in [4.78, 5) is 0. The van der Waals surface area contributed by atoms with Gasteiger partial charge in [0.05, 0.1) is 0 Å². The van der Waals surface area contributed by atoms with Gasteiger partial charge in [0.2, 0.25) is 11.4 Å². The van der Waals surface area contributed by atoms with E-state index in [1.807, 2.05) is 0 Å². The molecular formula is C72H126N2Ni. The summed E-state index contributed by atoms with van der Waals surface area (Å²) in [5.41, 5.74) is 19.6. The number of nitrogens with zero attached hydrogens (tertiary/aromatic N) is 2. The molecule has 0 amide bonds. The molecule has 3 rings (SSSR count). The summed E-state index contributed by atoms with van der Waals surface area (Å²) in [7, 11) is 0. The van der Waals surface area contributed by atoms with Crippen LogP contribution in [0, 0.1) is 13.8 Å². The molecule has 1 aliphatic rings. The molecule has 0 saturated carbocycles.